The molecular weight excluding hydrogens is 585 g/mol. The summed E-state index contributed by atoms with van der Waals surface area (Å²) in [5, 5.41) is 8.08. The molecule has 8 rings (SSSR count). The molecule has 0 aliphatic heterocycles. The normalized spacial score (nSPS) is 12.0. The predicted molar refractivity (Wildman–Crippen MR) is 187 cm³/mol. The van der Waals surface area contributed by atoms with Crippen molar-refractivity contribution in [2.75, 3.05) is 4.90 Å². The SMILES string of the molecule is CC(C)(c1ccccc1)c1cccc(N(c2ccccc2)c2cc3ccc4ccccc4c3c3[se]c4ccccc4c23)c1. The predicted octanol–water partition coefficient (Wildman–Crippen LogP) is 11.2. The molecular formula is C41H31NSe. The quantitative estimate of drug-likeness (QED) is 0.137. The van der Waals surface area contributed by atoms with Crippen LogP contribution >= 0.6 is 0 Å². The Kier molecular flexibility index (Phi) is 6.22. The Morgan fingerprint density at radius 2 is 1.12 bits per heavy atom. The van der Waals surface area contributed by atoms with E-state index in [4.69, 9.17) is 0 Å². The van der Waals surface area contributed by atoms with E-state index in [2.05, 4.69) is 170 Å². The third-order valence-corrected chi connectivity index (χ3v) is 11.4. The van der Waals surface area contributed by atoms with Crippen LogP contribution in [-0.2, 0) is 5.41 Å². The maximum atomic E-state index is 2.48. The number of rotatable bonds is 5. The number of hydrogen-bond donors (Lipinski definition) is 0. The van der Waals surface area contributed by atoms with Crippen LogP contribution in [0, 0.1) is 0 Å². The monoisotopic (exact) mass is 617 g/mol. The van der Waals surface area contributed by atoms with Crippen molar-refractivity contribution in [3.05, 3.63) is 163 Å². The van der Waals surface area contributed by atoms with Crippen LogP contribution in [0.2, 0.25) is 0 Å². The molecule has 0 spiro atoms. The molecule has 1 heterocycles. The molecule has 206 valence electrons. The molecule has 1 aromatic heterocycles. The zero-order valence-electron chi connectivity index (χ0n) is 24.3. The van der Waals surface area contributed by atoms with Gasteiger partial charge in [0.15, 0.2) is 0 Å². The molecule has 0 saturated heterocycles. The molecule has 0 aliphatic carbocycles. The first-order valence-corrected chi connectivity index (χ1v) is 16.6. The molecule has 0 bridgehead atoms. The van der Waals surface area contributed by atoms with E-state index < -0.39 is 0 Å². The molecule has 0 atom stereocenters. The van der Waals surface area contributed by atoms with E-state index in [1.54, 1.807) is 0 Å². The molecule has 0 aliphatic rings. The van der Waals surface area contributed by atoms with Gasteiger partial charge in [-0.1, -0.05) is 0 Å². The zero-order valence-corrected chi connectivity index (χ0v) is 26.0. The standard InChI is InChI=1S/C41H31NSe/c1-41(2,30-15-5-3-6-16-30)31-17-13-20-33(27-31)42(32-18-7-4-8-19-32)36-26-29-25-24-28-14-9-10-21-34(28)38(29)40-39(36)35-22-11-12-23-37(35)43-40/h3-27H,1-2H3. The average Bonchev–Trinajstić information content (AvgIpc) is 3.46. The van der Waals surface area contributed by atoms with Gasteiger partial charge < -0.3 is 0 Å². The minimum absolute atomic E-state index is 0.139. The van der Waals surface area contributed by atoms with E-state index in [-0.39, 0.29) is 19.9 Å². The molecule has 2 heteroatoms. The van der Waals surface area contributed by atoms with Gasteiger partial charge in [0.1, 0.15) is 0 Å². The van der Waals surface area contributed by atoms with Crippen molar-refractivity contribution in [3.8, 4) is 0 Å². The van der Waals surface area contributed by atoms with Crippen LogP contribution < -0.4 is 4.90 Å². The summed E-state index contributed by atoms with van der Waals surface area (Å²) in [6.07, 6.45) is 0. The van der Waals surface area contributed by atoms with Crippen LogP contribution in [0.5, 0.6) is 0 Å². The van der Waals surface area contributed by atoms with Gasteiger partial charge in [-0.05, 0) is 0 Å². The fraction of sp³-hybridized carbons (Fsp3) is 0.0732. The Bertz CT molecular complexity index is 2260. The van der Waals surface area contributed by atoms with Gasteiger partial charge in [0.25, 0.3) is 0 Å². The third-order valence-electron chi connectivity index (χ3n) is 8.91. The van der Waals surface area contributed by atoms with Gasteiger partial charge in [-0.15, -0.1) is 0 Å². The Labute approximate surface area is 258 Å². The zero-order chi connectivity index (χ0) is 29.0. The second-order valence-corrected chi connectivity index (χ2v) is 14.0. The summed E-state index contributed by atoms with van der Waals surface area (Å²) in [5.74, 6) is 0. The van der Waals surface area contributed by atoms with Crippen LogP contribution in [0.15, 0.2) is 152 Å². The number of anilines is 3. The number of nitrogens with zero attached hydrogens (tertiary/aromatic N) is 1. The van der Waals surface area contributed by atoms with Gasteiger partial charge in [0.2, 0.25) is 0 Å². The van der Waals surface area contributed by atoms with Crippen LogP contribution in [0.3, 0.4) is 0 Å². The molecule has 0 radical (unpaired) electrons. The van der Waals surface area contributed by atoms with Crippen molar-refractivity contribution >= 4 is 72.4 Å². The number of benzene rings is 7. The summed E-state index contributed by atoms with van der Waals surface area (Å²) in [4.78, 5) is 2.48. The minimum atomic E-state index is -0.139. The number of para-hydroxylation sites is 1. The van der Waals surface area contributed by atoms with Gasteiger partial charge >= 0.3 is 259 Å². The van der Waals surface area contributed by atoms with Gasteiger partial charge in [-0.3, -0.25) is 0 Å². The van der Waals surface area contributed by atoms with Gasteiger partial charge in [-0.2, -0.15) is 0 Å². The first kappa shape index (κ1) is 26.0. The van der Waals surface area contributed by atoms with Crippen molar-refractivity contribution in [1.82, 2.24) is 0 Å². The molecule has 0 fully saturated rings. The second-order valence-electron chi connectivity index (χ2n) is 11.8. The van der Waals surface area contributed by atoms with E-state index in [9.17, 15) is 0 Å². The summed E-state index contributed by atoms with van der Waals surface area (Å²) in [6.45, 7) is 4.65. The molecule has 43 heavy (non-hydrogen) atoms. The molecule has 0 amide bonds. The van der Waals surface area contributed by atoms with Crippen LogP contribution in [0.25, 0.3) is 40.8 Å². The Morgan fingerprint density at radius 1 is 0.488 bits per heavy atom. The summed E-state index contributed by atoms with van der Waals surface area (Å²) in [5.41, 5.74) is 6.05. The van der Waals surface area contributed by atoms with Crippen LogP contribution in [0.1, 0.15) is 25.0 Å². The first-order valence-electron chi connectivity index (χ1n) is 14.9. The Hall–Kier alpha value is -4.62. The summed E-state index contributed by atoms with van der Waals surface area (Å²) >= 11 is 0.212. The maximum absolute atomic E-state index is 2.48. The topological polar surface area (TPSA) is 3.24 Å². The molecule has 7 aromatic carbocycles. The Morgan fingerprint density at radius 3 is 1.93 bits per heavy atom. The van der Waals surface area contributed by atoms with Crippen molar-refractivity contribution in [2.24, 2.45) is 0 Å². The van der Waals surface area contributed by atoms with Gasteiger partial charge in [0, 0.05) is 0 Å². The Balaban J connectivity index is 1.45. The third kappa shape index (κ3) is 4.29. The van der Waals surface area contributed by atoms with E-state index in [1.165, 1.54) is 63.3 Å². The van der Waals surface area contributed by atoms with E-state index in [0.717, 1.165) is 5.69 Å². The average molecular weight is 617 g/mol. The summed E-state index contributed by atoms with van der Waals surface area (Å²) in [7, 11) is 0. The van der Waals surface area contributed by atoms with Crippen molar-refractivity contribution < 1.29 is 0 Å². The van der Waals surface area contributed by atoms with E-state index in [1.807, 2.05) is 0 Å². The van der Waals surface area contributed by atoms with Gasteiger partial charge in [0.05, 0.1) is 0 Å². The first-order chi connectivity index (χ1) is 21.1. The summed E-state index contributed by atoms with van der Waals surface area (Å²) in [6, 6.07) is 55.8. The fourth-order valence-electron chi connectivity index (χ4n) is 6.59. The van der Waals surface area contributed by atoms with Gasteiger partial charge in [-0.25, -0.2) is 0 Å². The summed E-state index contributed by atoms with van der Waals surface area (Å²) < 4.78 is 2.94. The number of hydrogen-bond acceptors (Lipinski definition) is 1. The van der Waals surface area contributed by atoms with Crippen molar-refractivity contribution in [3.63, 3.8) is 0 Å². The van der Waals surface area contributed by atoms with Crippen molar-refractivity contribution in [1.29, 1.82) is 0 Å². The number of fused-ring (bicyclic) bond motifs is 7. The molecule has 8 aromatic rings. The van der Waals surface area contributed by atoms with Crippen LogP contribution in [-0.4, -0.2) is 14.5 Å². The van der Waals surface area contributed by atoms with E-state index >= 15 is 0 Å². The molecule has 1 nitrogen and oxygen atoms in total. The fourth-order valence-corrected chi connectivity index (χ4v) is 9.31. The molecule has 0 unspecified atom stereocenters. The van der Waals surface area contributed by atoms with Crippen LogP contribution in [0.4, 0.5) is 17.1 Å². The molecule has 0 N–H and O–H groups in total. The second kappa shape index (κ2) is 10.3. The molecule has 0 saturated carbocycles. The van der Waals surface area contributed by atoms with E-state index in [0.29, 0.717) is 0 Å². The van der Waals surface area contributed by atoms with Crippen molar-refractivity contribution in [2.45, 2.75) is 19.3 Å².